The number of carbonyl (C=O) groups excluding carboxylic acids is 2. The standard InChI is InChI=1S/C24H26F3N3O3/c1-16-8-10-23(11-9-16)30(22(32)18-6-2-3-7-19(18)24(25,26)27)20(15-33-23)21(31)29-14-17-5-4-12-28-13-17/h2-7,12-13,16,20H,8-11,14-15H2,1H3,(H,29,31)/t16?,20-,23?/m1/s1. The summed E-state index contributed by atoms with van der Waals surface area (Å²) in [5.74, 6) is -0.888. The van der Waals surface area contributed by atoms with Crippen LogP contribution in [0.3, 0.4) is 0 Å². The van der Waals surface area contributed by atoms with Crippen LogP contribution in [0.15, 0.2) is 48.8 Å². The molecule has 1 spiro atoms. The Balaban J connectivity index is 1.65. The van der Waals surface area contributed by atoms with Gasteiger partial charge in [0.25, 0.3) is 5.91 Å². The van der Waals surface area contributed by atoms with Crippen molar-refractivity contribution in [2.75, 3.05) is 6.61 Å². The molecule has 1 N–H and O–H groups in total. The van der Waals surface area contributed by atoms with Crippen LogP contribution in [0.2, 0.25) is 0 Å². The number of nitrogens with zero attached hydrogens (tertiary/aromatic N) is 2. The summed E-state index contributed by atoms with van der Waals surface area (Å²) in [5.41, 5.74) is -1.81. The van der Waals surface area contributed by atoms with Crippen molar-refractivity contribution >= 4 is 11.8 Å². The molecule has 9 heteroatoms. The number of benzene rings is 1. The van der Waals surface area contributed by atoms with Gasteiger partial charge >= 0.3 is 6.18 Å². The molecule has 1 saturated carbocycles. The van der Waals surface area contributed by atoms with E-state index in [1.165, 1.54) is 17.0 Å². The van der Waals surface area contributed by atoms with E-state index in [9.17, 15) is 22.8 Å². The highest BCUT2D eigenvalue weighted by Gasteiger charge is 2.54. The molecule has 1 atom stereocenters. The zero-order valence-electron chi connectivity index (χ0n) is 18.3. The molecule has 1 aromatic carbocycles. The number of nitrogens with one attached hydrogen (secondary N) is 1. The molecule has 2 fully saturated rings. The molecule has 2 aliphatic rings. The summed E-state index contributed by atoms with van der Waals surface area (Å²) < 4.78 is 47.0. The molecule has 4 rings (SSSR count). The van der Waals surface area contributed by atoms with Gasteiger partial charge in [0.05, 0.1) is 17.7 Å². The van der Waals surface area contributed by atoms with Crippen LogP contribution in [0.1, 0.15) is 54.1 Å². The fourth-order valence-corrected chi connectivity index (χ4v) is 4.64. The normalized spacial score (nSPS) is 25.3. The number of alkyl halides is 3. The van der Waals surface area contributed by atoms with Gasteiger partial charge in [-0.1, -0.05) is 25.1 Å². The van der Waals surface area contributed by atoms with Gasteiger partial charge in [0, 0.05) is 18.9 Å². The van der Waals surface area contributed by atoms with Gasteiger partial charge in [-0.05, 0) is 55.4 Å². The largest absolute Gasteiger partial charge is 0.417 e. The maximum Gasteiger partial charge on any atom is 0.417 e. The number of hydrogen-bond acceptors (Lipinski definition) is 4. The van der Waals surface area contributed by atoms with Gasteiger partial charge in [0.2, 0.25) is 5.91 Å². The second kappa shape index (κ2) is 9.13. The highest BCUT2D eigenvalue weighted by Crippen LogP contribution is 2.44. The Morgan fingerprint density at radius 1 is 1.18 bits per heavy atom. The zero-order valence-corrected chi connectivity index (χ0v) is 18.3. The van der Waals surface area contributed by atoms with Crippen molar-refractivity contribution in [2.45, 2.75) is 57.1 Å². The first-order chi connectivity index (χ1) is 15.7. The SMILES string of the molecule is CC1CCC2(CC1)OC[C@H](C(=O)NCc1cccnc1)N2C(=O)c1ccccc1C(F)(F)F. The molecular formula is C24H26F3N3O3. The highest BCUT2D eigenvalue weighted by atomic mass is 19.4. The first-order valence-corrected chi connectivity index (χ1v) is 11.0. The zero-order chi connectivity index (χ0) is 23.6. The van der Waals surface area contributed by atoms with Crippen molar-refractivity contribution < 1.29 is 27.5 Å². The van der Waals surface area contributed by atoms with Crippen LogP contribution in [0.4, 0.5) is 13.2 Å². The van der Waals surface area contributed by atoms with Gasteiger partial charge in [-0.3, -0.25) is 19.5 Å². The summed E-state index contributed by atoms with van der Waals surface area (Å²) >= 11 is 0. The quantitative estimate of drug-likeness (QED) is 0.742. The predicted octanol–water partition coefficient (Wildman–Crippen LogP) is 4.16. The molecule has 0 bridgehead atoms. The maximum absolute atomic E-state index is 13.7. The monoisotopic (exact) mass is 461 g/mol. The van der Waals surface area contributed by atoms with E-state index in [4.69, 9.17) is 4.74 Å². The number of hydrogen-bond donors (Lipinski definition) is 1. The van der Waals surface area contributed by atoms with E-state index in [0.717, 1.165) is 30.5 Å². The number of amides is 2. The number of halogens is 3. The molecule has 0 unspecified atom stereocenters. The average molecular weight is 461 g/mol. The third-order valence-electron chi connectivity index (χ3n) is 6.49. The van der Waals surface area contributed by atoms with E-state index in [1.54, 1.807) is 24.5 Å². The van der Waals surface area contributed by atoms with Crippen molar-refractivity contribution in [2.24, 2.45) is 5.92 Å². The van der Waals surface area contributed by atoms with Gasteiger partial charge in [-0.15, -0.1) is 0 Å². The van der Waals surface area contributed by atoms with Gasteiger partial charge < -0.3 is 10.1 Å². The van der Waals surface area contributed by atoms with Gasteiger partial charge in [-0.2, -0.15) is 13.2 Å². The molecule has 176 valence electrons. The van der Waals surface area contributed by atoms with Crippen LogP contribution >= 0.6 is 0 Å². The van der Waals surface area contributed by atoms with Gasteiger partial charge in [0.1, 0.15) is 11.8 Å². The molecule has 2 amide bonds. The maximum atomic E-state index is 13.7. The van der Waals surface area contributed by atoms with E-state index in [1.807, 2.05) is 0 Å². The third-order valence-corrected chi connectivity index (χ3v) is 6.49. The van der Waals surface area contributed by atoms with Gasteiger partial charge in [-0.25, -0.2) is 0 Å². The fraction of sp³-hybridized carbons (Fsp3) is 0.458. The number of rotatable bonds is 4. The average Bonchev–Trinajstić information content (AvgIpc) is 3.18. The summed E-state index contributed by atoms with van der Waals surface area (Å²) in [6.45, 7) is 2.21. The van der Waals surface area contributed by atoms with Crippen LogP contribution in [-0.2, 0) is 22.3 Å². The van der Waals surface area contributed by atoms with E-state index in [-0.39, 0.29) is 13.2 Å². The molecule has 1 aliphatic carbocycles. The molecule has 1 aromatic heterocycles. The molecule has 2 aromatic rings. The highest BCUT2D eigenvalue weighted by molar-refractivity contribution is 5.99. The topological polar surface area (TPSA) is 71.5 Å². The Morgan fingerprint density at radius 2 is 1.91 bits per heavy atom. The van der Waals surface area contributed by atoms with E-state index < -0.39 is 40.9 Å². The lowest BCUT2D eigenvalue weighted by molar-refractivity contribution is -0.138. The molecule has 1 aliphatic heterocycles. The van der Waals surface area contributed by atoms with Crippen molar-refractivity contribution in [1.29, 1.82) is 0 Å². The van der Waals surface area contributed by atoms with Crippen LogP contribution in [-0.4, -0.2) is 40.1 Å². The van der Waals surface area contributed by atoms with Crippen molar-refractivity contribution in [1.82, 2.24) is 15.2 Å². The Bertz CT molecular complexity index is 1000. The Hall–Kier alpha value is -2.94. The summed E-state index contributed by atoms with van der Waals surface area (Å²) in [7, 11) is 0. The van der Waals surface area contributed by atoms with Crippen molar-refractivity contribution in [3.63, 3.8) is 0 Å². The molecule has 2 heterocycles. The minimum atomic E-state index is -4.70. The second-order valence-electron chi connectivity index (χ2n) is 8.75. The van der Waals surface area contributed by atoms with Crippen LogP contribution in [0.5, 0.6) is 0 Å². The van der Waals surface area contributed by atoms with E-state index >= 15 is 0 Å². The first kappa shape index (κ1) is 23.2. The minimum absolute atomic E-state index is 0.0623. The third kappa shape index (κ3) is 4.73. The summed E-state index contributed by atoms with van der Waals surface area (Å²) in [6.07, 6.45) is 0.990. The van der Waals surface area contributed by atoms with Gasteiger partial charge in [0.15, 0.2) is 0 Å². The summed E-state index contributed by atoms with van der Waals surface area (Å²) in [6, 6.07) is 7.20. The number of carbonyl (C=O) groups is 2. The molecule has 33 heavy (non-hydrogen) atoms. The number of pyridine rings is 1. The molecule has 6 nitrogen and oxygen atoms in total. The number of aromatic nitrogens is 1. The van der Waals surface area contributed by atoms with E-state index in [0.29, 0.717) is 18.8 Å². The minimum Gasteiger partial charge on any atom is -0.353 e. The van der Waals surface area contributed by atoms with Crippen molar-refractivity contribution in [3.8, 4) is 0 Å². The van der Waals surface area contributed by atoms with Crippen LogP contribution in [0, 0.1) is 5.92 Å². The lowest BCUT2D eigenvalue weighted by Crippen LogP contribution is -2.57. The van der Waals surface area contributed by atoms with E-state index in [2.05, 4.69) is 17.2 Å². The molecule has 1 saturated heterocycles. The molecule has 0 radical (unpaired) electrons. The van der Waals surface area contributed by atoms with Crippen LogP contribution in [0.25, 0.3) is 0 Å². The lowest BCUT2D eigenvalue weighted by Gasteiger charge is -2.43. The lowest BCUT2D eigenvalue weighted by atomic mass is 9.83. The molecular weight excluding hydrogens is 435 g/mol. The fourth-order valence-electron chi connectivity index (χ4n) is 4.64. The summed E-state index contributed by atoms with van der Waals surface area (Å²) in [5, 5.41) is 2.78. The smallest absolute Gasteiger partial charge is 0.353 e. The number of ether oxygens (including phenoxy) is 1. The van der Waals surface area contributed by atoms with Crippen LogP contribution < -0.4 is 5.32 Å². The summed E-state index contributed by atoms with van der Waals surface area (Å²) in [4.78, 5) is 32.0. The Kier molecular flexibility index (Phi) is 6.43. The predicted molar refractivity (Wildman–Crippen MR) is 114 cm³/mol. The van der Waals surface area contributed by atoms with Crippen molar-refractivity contribution in [3.05, 3.63) is 65.5 Å². The second-order valence-corrected chi connectivity index (χ2v) is 8.75. The Labute approximate surface area is 190 Å². The first-order valence-electron chi connectivity index (χ1n) is 11.0. The Morgan fingerprint density at radius 3 is 2.58 bits per heavy atom.